The van der Waals surface area contributed by atoms with Crippen LogP contribution in [0.3, 0.4) is 0 Å². The zero-order valence-corrected chi connectivity index (χ0v) is 9.30. The number of benzene rings is 1. The van der Waals surface area contributed by atoms with Crippen molar-refractivity contribution in [1.82, 2.24) is 0 Å². The minimum Gasteiger partial charge on any atom is -0.508 e. The quantitative estimate of drug-likeness (QED) is 0.840. The Bertz CT molecular complexity index is 288. The highest BCUT2D eigenvalue weighted by Crippen LogP contribution is 2.36. The minimum absolute atomic E-state index is 0.00315. The molecular formula is C10H13BrO2. The largest absolute Gasteiger partial charge is 0.508 e. The smallest absolute Gasteiger partial charge is 0.120 e. The molecule has 2 N–H and O–H groups in total. The predicted octanol–water partition coefficient (Wildman–Crippen LogP) is 2.42. The normalized spacial score (nSPS) is 11.7. The van der Waals surface area contributed by atoms with Crippen LogP contribution in [0.1, 0.15) is 19.4 Å². The second-order valence-electron chi connectivity index (χ2n) is 3.68. The van der Waals surface area contributed by atoms with E-state index in [1.54, 1.807) is 12.1 Å². The zero-order valence-electron chi connectivity index (χ0n) is 7.71. The maximum absolute atomic E-state index is 9.62. The molecule has 0 heterocycles. The van der Waals surface area contributed by atoms with Crippen molar-refractivity contribution in [2.24, 2.45) is 0 Å². The molecule has 0 aromatic heterocycles. The number of hydrogen-bond donors (Lipinski definition) is 2. The summed E-state index contributed by atoms with van der Waals surface area (Å²) in [4.78, 5) is 0. The monoisotopic (exact) mass is 244 g/mol. The Morgan fingerprint density at radius 3 is 2.46 bits per heavy atom. The maximum atomic E-state index is 9.62. The maximum Gasteiger partial charge on any atom is 0.120 e. The summed E-state index contributed by atoms with van der Waals surface area (Å²) >= 11 is 3.35. The van der Waals surface area contributed by atoms with Gasteiger partial charge in [-0.05, 0) is 12.1 Å². The van der Waals surface area contributed by atoms with Crippen LogP contribution in [0.15, 0.2) is 22.7 Å². The summed E-state index contributed by atoms with van der Waals surface area (Å²) in [5.74, 6) is 0.216. The molecule has 0 radical (unpaired) electrons. The summed E-state index contributed by atoms with van der Waals surface area (Å²) < 4.78 is 0.826. The third-order valence-corrected chi connectivity index (χ3v) is 2.72. The van der Waals surface area contributed by atoms with Crippen molar-refractivity contribution in [3.63, 3.8) is 0 Å². The van der Waals surface area contributed by atoms with Gasteiger partial charge in [0.25, 0.3) is 0 Å². The van der Waals surface area contributed by atoms with Gasteiger partial charge in [0.2, 0.25) is 0 Å². The average molecular weight is 245 g/mol. The number of halogens is 1. The molecule has 13 heavy (non-hydrogen) atoms. The van der Waals surface area contributed by atoms with Gasteiger partial charge in [0.1, 0.15) is 5.75 Å². The molecule has 1 rings (SSSR count). The molecule has 2 nitrogen and oxygen atoms in total. The molecule has 0 fully saturated rings. The van der Waals surface area contributed by atoms with Gasteiger partial charge < -0.3 is 10.2 Å². The lowest BCUT2D eigenvalue weighted by Crippen LogP contribution is -2.22. The van der Waals surface area contributed by atoms with E-state index in [4.69, 9.17) is 5.11 Å². The van der Waals surface area contributed by atoms with Crippen molar-refractivity contribution >= 4 is 15.9 Å². The van der Waals surface area contributed by atoms with E-state index in [9.17, 15) is 5.11 Å². The van der Waals surface area contributed by atoms with Crippen LogP contribution in [0.4, 0.5) is 0 Å². The van der Waals surface area contributed by atoms with Crippen LogP contribution in [0.2, 0.25) is 0 Å². The van der Waals surface area contributed by atoms with Crippen LogP contribution >= 0.6 is 15.9 Å². The molecule has 0 aliphatic rings. The molecular weight excluding hydrogens is 232 g/mol. The number of phenolic OH excluding ortho intramolecular Hbond substituents is 1. The highest BCUT2D eigenvalue weighted by Gasteiger charge is 2.25. The first-order chi connectivity index (χ1) is 5.99. The summed E-state index contributed by atoms with van der Waals surface area (Å²) in [7, 11) is 0. The van der Waals surface area contributed by atoms with E-state index in [0.717, 1.165) is 10.0 Å². The fourth-order valence-corrected chi connectivity index (χ4v) is 2.15. The van der Waals surface area contributed by atoms with E-state index in [2.05, 4.69) is 15.9 Å². The van der Waals surface area contributed by atoms with Gasteiger partial charge in [-0.3, -0.25) is 0 Å². The Morgan fingerprint density at radius 2 is 2.00 bits per heavy atom. The van der Waals surface area contributed by atoms with Crippen LogP contribution in [0, 0.1) is 0 Å². The van der Waals surface area contributed by atoms with Gasteiger partial charge in [0.05, 0.1) is 6.61 Å². The number of aromatic hydroxyl groups is 1. The molecule has 0 aliphatic heterocycles. The molecule has 0 amide bonds. The number of rotatable bonds is 2. The third kappa shape index (κ3) is 2.03. The SMILES string of the molecule is CC(C)(CO)c1c(O)cccc1Br. The standard InChI is InChI=1S/C10H13BrO2/c1-10(2,6-12)9-7(11)4-3-5-8(9)13/h3-5,12-13H,6H2,1-2H3. The zero-order chi connectivity index (χ0) is 10.1. The van der Waals surface area contributed by atoms with Crippen LogP contribution in [0.5, 0.6) is 5.75 Å². The average Bonchev–Trinajstić information content (AvgIpc) is 2.03. The number of aliphatic hydroxyl groups is 1. The van der Waals surface area contributed by atoms with Crippen molar-refractivity contribution in [3.8, 4) is 5.75 Å². The first kappa shape index (κ1) is 10.5. The van der Waals surface area contributed by atoms with E-state index in [0.29, 0.717) is 0 Å². The van der Waals surface area contributed by atoms with Crippen LogP contribution < -0.4 is 0 Å². The summed E-state index contributed by atoms with van der Waals surface area (Å²) in [6, 6.07) is 5.24. The van der Waals surface area contributed by atoms with Gasteiger partial charge in [-0.1, -0.05) is 35.8 Å². The molecule has 0 atom stereocenters. The number of aliphatic hydroxyl groups excluding tert-OH is 1. The molecule has 3 heteroatoms. The summed E-state index contributed by atoms with van der Waals surface area (Å²) in [5, 5.41) is 18.8. The molecule has 0 bridgehead atoms. The Balaban J connectivity index is 3.28. The van der Waals surface area contributed by atoms with Gasteiger partial charge in [-0.25, -0.2) is 0 Å². The lowest BCUT2D eigenvalue weighted by molar-refractivity contribution is 0.214. The molecule has 1 aromatic rings. The summed E-state index contributed by atoms with van der Waals surface area (Å²) in [6.45, 7) is 3.77. The Hall–Kier alpha value is -0.540. The van der Waals surface area contributed by atoms with Gasteiger partial charge >= 0.3 is 0 Å². The molecule has 0 saturated carbocycles. The van der Waals surface area contributed by atoms with E-state index in [-0.39, 0.29) is 12.4 Å². The summed E-state index contributed by atoms with van der Waals surface area (Å²) in [5.41, 5.74) is 0.321. The van der Waals surface area contributed by atoms with Gasteiger partial charge in [-0.2, -0.15) is 0 Å². The van der Waals surface area contributed by atoms with Gasteiger partial charge in [0, 0.05) is 15.5 Å². The second-order valence-corrected chi connectivity index (χ2v) is 4.53. The van der Waals surface area contributed by atoms with Crippen LogP contribution in [-0.4, -0.2) is 16.8 Å². The van der Waals surface area contributed by atoms with Crippen molar-refractivity contribution in [2.75, 3.05) is 6.61 Å². The third-order valence-electron chi connectivity index (χ3n) is 2.06. The number of hydrogen-bond acceptors (Lipinski definition) is 2. The second kappa shape index (κ2) is 3.68. The fourth-order valence-electron chi connectivity index (χ4n) is 1.26. The Morgan fingerprint density at radius 1 is 1.38 bits per heavy atom. The van der Waals surface area contributed by atoms with Crippen molar-refractivity contribution in [2.45, 2.75) is 19.3 Å². The highest BCUT2D eigenvalue weighted by molar-refractivity contribution is 9.10. The molecule has 0 unspecified atom stereocenters. The van der Waals surface area contributed by atoms with E-state index >= 15 is 0 Å². The molecule has 72 valence electrons. The van der Waals surface area contributed by atoms with Gasteiger partial charge in [0.15, 0.2) is 0 Å². The Kier molecular flexibility index (Phi) is 2.98. The number of phenols is 1. The predicted molar refractivity (Wildman–Crippen MR) is 55.9 cm³/mol. The lowest BCUT2D eigenvalue weighted by Gasteiger charge is -2.24. The van der Waals surface area contributed by atoms with Crippen molar-refractivity contribution in [1.29, 1.82) is 0 Å². The van der Waals surface area contributed by atoms with Crippen molar-refractivity contribution < 1.29 is 10.2 Å². The van der Waals surface area contributed by atoms with E-state index in [1.165, 1.54) is 0 Å². The molecule has 0 aliphatic carbocycles. The Labute approximate surface area is 86.3 Å². The van der Waals surface area contributed by atoms with E-state index < -0.39 is 5.41 Å². The topological polar surface area (TPSA) is 40.5 Å². The molecule has 0 spiro atoms. The highest BCUT2D eigenvalue weighted by atomic mass is 79.9. The first-order valence-electron chi connectivity index (χ1n) is 4.08. The van der Waals surface area contributed by atoms with E-state index in [1.807, 2.05) is 19.9 Å². The molecule has 0 saturated heterocycles. The first-order valence-corrected chi connectivity index (χ1v) is 4.87. The fraction of sp³-hybridized carbons (Fsp3) is 0.400. The summed E-state index contributed by atoms with van der Waals surface area (Å²) in [6.07, 6.45) is 0. The minimum atomic E-state index is -0.426. The van der Waals surface area contributed by atoms with Crippen LogP contribution in [0.25, 0.3) is 0 Å². The van der Waals surface area contributed by atoms with Crippen molar-refractivity contribution in [3.05, 3.63) is 28.2 Å². The van der Waals surface area contributed by atoms with Crippen LogP contribution in [-0.2, 0) is 5.41 Å². The molecule has 1 aromatic carbocycles. The van der Waals surface area contributed by atoms with Gasteiger partial charge in [-0.15, -0.1) is 0 Å². The lowest BCUT2D eigenvalue weighted by atomic mass is 9.85.